The SMILES string of the molecule is CCOC(=O)C(N)COCCOCCOCCOC. The molecule has 0 aliphatic carbocycles. The molecule has 0 aromatic carbocycles. The highest BCUT2D eigenvalue weighted by Gasteiger charge is 2.13. The van der Waals surface area contributed by atoms with E-state index in [4.69, 9.17) is 29.4 Å². The van der Waals surface area contributed by atoms with Crippen LogP contribution in [0.15, 0.2) is 0 Å². The third kappa shape index (κ3) is 12.1. The first-order chi connectivity index (χ1) is 9.22. The minimum Gasteiger partial charge on any atom is -0.465 e. The highest BCUT2D eigenvalue weighted by molar-refractivity contribution is 5.75. The third-order valence-corrected chi connectivity index (χ3v) is 2.06. The Morgan fingerprint density at radius 1 is 1.00 bits per heavy atom. The van der Waals surface area contributed by atoms with Gasteiger partial charge >= 0.3 is 5.97 Å². The molecule has 7 nitrogen and oxygen atoms in total. The van der Waals surface area contributed by atoms with Gasteiger partial charge in [0.15, 0.2) is 0 Å². The molecule has 7 heteroatoms. The maximum Gasteiger partial charge on any atom is 0.325 e. The van der Waals surface area contributed by atoms with E-state index in [1.807, 2.05) is 0 Å². The predicted molar refractivity (Wildman–Crippen MR) is 68.9 cm³/mol. The van der Waals surface area contributed by atoms with Crippen LogP contribution in [-0.2, 0) is 28.5 Å². The van der Waals surface area contributed by atoms with Crippen LogP contribution in [0.5, 0.6) is 0 Å². The van der Waals surface area contributed by atoms with Crippen LogP contribution >= 0.6 is 0 Å². The van der Waals surface area contributed by atoms with Gasteiger partial charge in [-0.15, -0.1) is 0 Å². The molecule has 0 aromatic rings. The van der Waals surface area contributed by atoms with E-state index in [0.717, 1.165) is 0 Å². The molecule has 0 aliphatic heterocycles. The Kier molecular flexibility index (Phi) is 13.2. The topological polar surface area (TPSA) is 89.2 Å². The molecule has 0 saturated carbocycles. The van der Waals surface area contributed by atoms with Gasteiger partial charge in [0, 0.05) is 7.11 Å². The summed E-state index contributed by atoms with van der Waals surface area (Å²) in [4.78, 5) is 11.1. The zero-order chi connectivity index (χ0) is 14.3. The van der Waals surface area contributed by atoms with Gasteiger partial charge in [-0.1, -0.05) is 0 Å². The monoisotopic (exact) mass is 279 g/mol. The first-order valence-electron chi connectivity index (χ1n) is 6.36. The van der Waals surface area contributed by atoms with Crippen molar-refractivity contribution < 1.29 is 28.5 Å². The smallest absolute Gasteiger partial charge is 0.325 e. The van der Waals surface area contributed by atoms with Crippen LogP contribution in [0.1, 0.15) is 6.92 Å². The van der Waals surface area contributed by atoms with Gasteiger partial charge in [-0.25, -0.2) is 0 Å². The highest BCUT2D eigenvalue weighted by Crippen LogP contribution is 1.88. The van der Waals surface area contributed by atoms with Crippen LogP contribution in [0, 0.1) is 0 Å². The Bertz CT molecular complexity index is 214. The molecule has 114 valence electrons. The van der Waals surface area contributed by atoms with Gasteiger partial charge in [-0.3, -0.25) is 4.79 Å². The van der Waals surface area contributed by atoms with Crippen LogP contribution in [0.4, 0.5) is 0 Å². The Labute approximate surface area is 114 Å². The van der Waals surface area contributed by atoms with Crippen LogP contribution < -0.4 is 5.73 Å². The normalized spacial score (nSPS) is 12.4. The first-order valence-corrected chi connectivity index (χ1v) is 6.36. The van der Waals surface area contributed by atoms with Crippen molar-refractivity contribution >= 4 is 5.97 Å². The lowest BCUT2D eigenvalue weighted by molar-refractivity contribution is -0.146. The van der Waals surface area contributed by atoms with E-state index in [0.29, 0.717) is 46.2 Å². The van der Waals surface area contributed by atoms with E-state index in [-0.39, 0.29) is 6.61 Å². The second-order valence-corrected chi connectivity index (χ2v) is 3.65. The molecule has 2 N–H and O–H groups in total. The summed E-state index contributed by atoms with van der Waals surface area (Å²) in [6, 6.07) is -0.739. The molecule has 0 fully saturated rings. The summed E-state index contributed by atoms with van der Waals surface area (Å²) in [7, 11) is 1.62. The molecule has 0 rings (SSSR count). The summed E-state index contributed by atoms with van der Waals surface area (Å²) in [5.41, 5.74) is 5.54. The van der Waals surface area contributed by atoms with E-state index < -0.39 is 12.0 Å². The molecule has 0 heterocycles. The van der Waals surface area contributed by atoms with Crippen molar-refractivity contribution in [1.82, 2.24) is 0 Å². The van der Waals surface area contributed by atoms with Crippen LogP contribution in [-0.4, -0.2) is 72.0 Å². The lowest BCUT2D eigenvalue weighted by atomic mass is 10.3. The third-order valence-electron chi connectivity index (χ3n) is 2.06. The molecular weight excluding hydrogens is 254 g/mol. The largest absolute Gasteiger partial charge is 0.465 e. The number of carbonyl (C=O) groups excluding carboxylic acids is 1. The van der Waals surface area contributed by atoms with Gasteiger partial charge in [-0.05, 0) is 6.92 Å². The number of esters is 1. The van der Waals surface area contributed by atoms with Crippen molar-refractivity contribution in [1.29, 1.82) is 0 Å². The molecule has 0 aromatic heterocycles. The summed E-state index contributed by atoms with van der Waals surface area (Å²) in [6.45, 7) is 5.15. The van der Waals surface area contributed by atoms with Gasteiger partial charge in [0.05, 0.1) is 52.9 Å². The van der Waals surface area contributed by atoms with Crippen molar-refractivity contribution in [2.75, 3.05) is 60.0 Å². The number of nitrogens with two attached hydrogens (primary N) is 1. The molecule has 0 saturated heterocycles. The molecule has 0 spiro atoms. The molecule has 0 aliphatic rings. The fourth-order valence-electron chi connectivity index (χ4n) is 1.11. The van der Waals surface area contributed by atoms with Gasteiger partial charge in [0.25, 0.3) is 0 Å². The average Bonchev–Trinajstić information content (AvgIpc) is 2.41. The summed E-state index contributed by atoms with van der Waals surface area (Å²) in [5.74, 6) is -0.449. The molecule has 1 unspecified atom stereocenters. The van der Waals surface area contributed by atoms with Gasteiger partial charge in [-0.2, -0.15) is 0 Å². The van der Waals surface area contributed by atoms with Crippen molar-refractivity contribution in [3.63, 3.8) is 0 Å². The summed E-state index contributed by atoms with van der Waals surface area (Å²) >= 11 is 0. The minimum atomic E-state index is -0.739. The lowest BCUT2D eigenvalue weighted by Crippen LogP contribution is -2.37. The maximum absolute atomic E-state index is 11.1. The van der Waals surface area contributed by atoms with E-state index in [1.54, 1.807) is 14.0 Å². The molecule has 0 bridgehead atoms. The Balaban J connectivity index is 3.20. The molecule has 0 radical (unpaired) electrons. The number of hydrogen-bond donors (Lipinski definition) is 1. The van der Waals surface area contributed by atoms with Gasteiger partial charge in [0.2, 0.25) is 0 Å². The first kappa shape index (κ1) is 18.3. The van der Waals surface area contributed by atoms with Gasteiger partial charge in [0.1, 0.15) is 6.04 Å². The molecule has 1 atom stereocenters. The van der Waals surface area contributed by atoms with Crippen molar-refractivity contribution in [3.8, 4) is 0 Å². The fraction of sp³-hybridized carbons (Fsp3) is 0.917. The van der Waals surface area contributed by atoms with E-state index in [9.17, 15) is 4.79 Å². The van der Waals surface area contributed by atoms with E-state index in [1.165, 1.54) is 0 Å². The summed E-state index contributed by atoms with van der Waals surface area (Å²) in [6.07, 6.45) is 0. The van der Waals surface area contributed by atoms with Crippen LogP contribution in [0.2, 0.25) is 0 Å². The number of carbonyl (C=O) groups is 1. The van der Waals surface area contributed by atoms with Crippen molar-refractivity contribution in [3.05, 3.63) is 0 Å². The zero-order valence-corrected chi connectivity index (χ0v) is 11.8. The second-order valence-electron chi connectivity index (χ2n) is 3.65. The minimum absolute atomic E-state index is 0.131. The molecule has 19 heavy (non-hydrogen) atoms. The zero-order valence-electron chi connectivity index (χ0n) is 11.8. The number of rotatable bonds is 13. The Morgan fingerprint density at radius 3 is 2.05 bits per heavy atom. The number of ether oxygens (including phenoxy) is 5. The maximum atomic E-state index is 11.1. The standard InChI is InChI=1S/C12H25NO6/c1-3-19-12(14)11(13)10-18-9-8-17-7-6-16-5-4-15-2/h11H,3-10,13H2,1-2H3. The van der Waals surface area contributed by atoms with Crippen molar-refractivity contribution in [2.24, 2.45) is 5.73 Å². The van der Waals surface area contributed by atoms with Crippen molar-refractivity contribution in [2.45, 2.75) is 13.0 Å². The van der Waals surface area contributed by atoms with E-state index >= 15 is 0 Å². The highest BCUT2D eigenvalue weighted by atomic mass is 16.6. The van der Waals surface area contributed by atoms with Crippen LogP contribution in [0.3, 0.4) is 0 Å². The number of methoxy groups -OCH3 is 1. The molecule has 0 amide bonds. The quantitative estimate of drug-likeness (QED) is 0.361. The predicted octanol–water partition coefficient (Wildman–Crippen LogP) is -0.427. The van der Waals surface area contributed by atoms with Crippen LogP contribution in [0.25, 0.3) is 0 Å². The lowest BCUT2D eigenvalue weighted by Gasteiger charge is -2.11. The Hall–Kier alpha value is -0.730. The average molecular weight is 279 g/mol. The number of hydrogen-bond acceptors (Lipinski definition) is 7. The Morgan fingerprint density at radius 2 is 1.53 bits per heavy atom. The van der Waals surface area contributed by atoms with E-state index in [2.05, 4.69) is 0 Å². The summed E-state index contributed by atoms with van der Waals surface area (Å²) in [5, 5.41) is 0. The molecular formula is C12H25NO6. The fourth-order valence-corrected chi connectivity index (χ4v) is 1.11. The summed E-state index contributed by atoms with van der Waals surface area (Å²) < 4.78 is 25.2. The second kappa shape index (κ2) is 13.7. The van der Waals surface area contributed by atoms with Gasteiger partial charge < -0.3 is 29.4 Å².